The average molecular weight is 647 g/mol. The van der Waals surface area contributed by atoms with E-state index in [-0.39, 0.29) is 10.8 Å². The number of allylic oxidation sites excluding steroid dienone is 4. The number of benzene rings is 4. The van der Waals surface area contributed by atoms with Crippen molar-refractivity contribution in [3.05, 3.63) is 166 Å². The first kappa shape index (κ1) is 28.8. The molecule has 0 aromatic heterocycles. The van der Waals surface area contributed by atoms with Crippen molar-refractivity contribution in [1.82, 2.24) is 0 Å². The first-order chi connectivity index (χ1) is 21.3. The topological polar surface area (TPSA) is 0 Å². The second kappa shape index (κ2) is 10.5. The van der Waals surface area contributed by atoms with Crippen LogP contribution in [-0.4, -0.2) is 12.3 Å². The van der Waals surface area contributed by atoms with Gasteiger partial charge in [0, 0.05) is 0 Å². The summed E-state index contributed by atoms with van der Waals surface area (Å²) in [7, 11) is 4.65. The fourth-order valence-electron chi connectivity index (χ4n) is 8.78. The third kappa shape index (κ3) is 4.14. The zero-order valence-electron chi connectivity index (χ0n) is 25.9. The van der Waals surface area contributed by atoms with Gasteiger partial charge < -0.3 is 0 Å². The van der Waals surface area contributed by atoms with Crippen LogP contribution in [0.5, 0.6) is 0 Å². The second-order valence-electron chi connectivity index (χ2n) is 13.6. The Balaban J connectivity index is 1.30. The van der Waals surface area contributed by atoms with Gasteiger partial charge in [0.15, 0.2) is 0 Å². The Labute approximate surface area is 271 Å². The number of hydrogen-bond acceptors (Lipinski definition) is 2. The molecule has 4 aromatic carbocycles. The summed E-state index contributed by atoms with van der Waals surface area (Å²) in [5.74, 6) is 5.57. The fourth-order valence-corrected chi connectivity index (χ4v) is 38.6. The molecule has 0 spiro atoms. The van der Waals surface area contributed by atoms with E-state index >= 15 is 0 Å². The number of hydrogen-bond donors (Lipinski definition) is 0. The molecule has 4 heterocycles. The van der Waals surface area contributed by atoms with Crippen LogP contribution in [0.15, 0.2) is 144 Å². The first-order valence-corrected chi connectivity index (χ1v) is 24.0. The fraction of sp³-hybridized carbons (Fsp3) is 0.200. The Morgan fingerprint density at radius 2 is 0.750 bits per heavy atom. The molecule has 0 radical (unpaired) electrons. The van der Waals surface area contributed by atoms with Crippen LogP contribution >= 0.6 is 33.8 Å². The van der Waals surface area contributed by atoms with Crippen LogP contribution in [0.3, 0.4) is 0 Å². The molecule has 0 nitrogen and oxygen atoms in total. The van der Waals surface area contributed by atoms with Gasteiger partial charge in [-0.15, -0.1) is 0 Å². The molecule has 0 amide bonds. The Morgan fingerprint density at radius 3 is 1.07 bits per heavy atom. The minimum atomic E-state index is -2.09. The molecule has 2 unspecified atom stereocenters. The Hall–Kier alpha value is -2.60. The summed E-state index contributed by atoms with van der Waals surface area (Å²) in [6, 6.07) is 45.3. The van der Waals surface area contributed by atoms with Gasteiger partial charge in [-0.05, 0) is 0 Å². The van der Waals surface area contributed by atoms with Crippen molar-refractivity contribution < 1.29 is 0 Å². The average Bonchev–Trinajstić information content (AvgIpc) is 3.68. The standard InChI is InChI=1S/C40H40P2S2/c1-29-25-41(27-39(29,3)35(31-17-9-5-10-18-31)37(41)33-21-13-7-14-22-33)43-44-42-26-30(2)40(4,28-42)36(32-19-11-6-12-20-32)38(42)34-23-15-8-16-24-34/h5-26,41-42H,27-28H2,1-4H3. The Bertz CT molecular complexity index is 1750. The molecule has 44 heavy (non-hydrogen) atoms. The SMILES string of the molecule is CC1=C[PH]2(SS[PH]34C=C(C)C(C)(C3)C(c3ccccc3)=C4c3ccccc3)CC1(C)C(c1ccccc1)=C2c1ccccc1. The van der Waals surface area contributed by atoms with Gasteiger partial charge >= 0.3 is 273 Å². The van der Waals surface area contributed by atoms with Crippen LogP contribution in [0.4, 0.5) is 0 Å². The molecule has 222 valence electrons. The molecule has 4 aliphatic heterocycles. The van der Waals surface area contributed by atoms with Gasteiger partial charge in [-0.1, -0.05) is 0 Å². The summed E-state index contributed by atoms with van der Waals surface area (Å²) < 4.78 is 0. The Morgan fingerprint density at radius 1 is 0.455 bits per heavy atom. The predicted octanol–water partition coefficient (Wildman–Crippen LogP) is 12.7. The third-order valence-electron chi connectivity index (χ3n) is 10.9. The summed E-state index contributed by atoms with van der Waals surface area (Å²) in [5.41, 5.74) is 12.2. The van der Waals surface area contributed by atoms with Gasteiger partial charge in [0.1, 0.15) is 0 Å². The Kier molecular flexibility index (Phi) is 6.86. The molecular weight excluding hydrogens is 607 g/mol. The molecule has 0 saturated heterocycles. The molecular formula is C40H40P2S2. The van der Waals surface area contributed by atoms with E-state index < -0.39 is 12.9 Å². The van der Waals surface area contributed by atoms with Crippen molar-refractivity contribution in [3.63, 3.8) is 0 Å². The van der Waals surface area contributed by atoms with Crippen LogP contribution in [0.25, 0.3) is 21.8 Å². The summed E-state index contributed by atoms with van der Waals surface area (Å²) in [4.78, 5) is 0. The van der Waals surface area contributed by atoms with Gasteiger partial charge in [0.05, 0.1) is 0 Å². The summed E-state index contributed by atoms with van der Waals surface area (Å²) >= 11 is 0. The van der Waals surface area contributed by atoms with E-state index in [1.807, 2.05) is 0 Å². The van der Waals surface area contributed by atoms with Gasteiger partial charge in [0.2, 0.25) is 0 Å². The van der Waals surface area contributed by atoms with Crippen molar-refractivity contribution >= 4 is 55.5 Å². The predicted molar refractivity (Wildman–Crippen MR) is 205 cm³/mol. The number of fused-ring (bicyclic) bond motifs is 4. The van der Waals surface area contributed by atoms with E-state index in [0.717, 1.165) is 0 Å². The van der Waals surface area contributed by atoms with Crippen molar-refractivity contribution in [2.24, 2.45) is 10.8 Å². The molecule has 0 fully saturated rings. The van der Waals surface area contributed by atoms with Crippen LogP contribution in [0, 0.1) is 10.8 Å². The molecule has 4 heteroatoms. The summed E-state index contributed by atoms with van der Waals surface area (Å²) in [6.45, 7) is 5.70. The van der Waals surface area contributed by atoms with E-state index in [4.69, 9.17) is 0 Å². The molecule has 2 atom stereocenters. The second-order valence-corrected chi connectivity index (χ2v) is 28.1. The van der Waals surface area contributed by atoms with Crippen molar-refractivity contribution in [2.75, 3.05) is 12.3 Å². The van der Waals surface area contributed by atoms with Crippen molar-refractivity contribution in [2.45, 2.75) is 27.7 Å². The number of rotatable bonds is 7. The molecule has 0 aliphatic carbocycles. The normalized spacial score (nSPS) is 27.4. The zero-order chi connectivity index (χ0) is 30.2. The van der Waals surface area contributed by atoms with Crippen LogP contribution in [-0.2, 0) is 0 Å². The van der Waals surface area contributed by atoms with E-state index in [9.17, 15) is 0 Å². The molecule has 0 N–H and O–H groups in total. The first-order valence-electron chi connectivity index (χ1n) is 15.8. The van der Waals surface area contributed by atoms with Gasteiger partial charge in [0.25, 0.3) is 0 Å². The van der Waals surface area contributed by atoms with Crippen molar-refractivity contribution in [1.29, 1.82) is 0 Å². The van der Waals surface area contributed by atoms with Crippen LogP contribution in [0.2, 0.25) is 0 Å². The third-order valence-corrected chi connectivity index (χ3v) is 31.8. The van der Waals surface area contributed by atoms with Crippen molar-refractivity contribution in [3.8, 4) is 0 Å². The van der Waals surface area contributed by atoms with E-state index in [1.165, 1.54) is 34.6 Å². The quantitative estimate of drug-likeness (QED) is 0.145. The maximum atomic E-state index is 2.79. The van der Waals surface area contributed by atoms with E-state index in [1.54, 1.807) is 32.9 Å². The van der Waals surface area contributed by atoms with E-state index in [0.29, 0.717) is 0 Å². The molecule has 4 aliphatic rings. The van der Waals surface area contributed by atoms with Gasteiger partial charge in [-0.2, -0.15) is 0 Å². The molecule has 4 bridgehead atoms. The van der Waals surface area contributed by atoms with E-state index in [2.05, 4.69) is 181 Å². The summed E-state index contributed by atoms with van der Waals surface area (Å²) in [6.07, 6.45) is 2.52. The van der Waals surface area contributed by atoms with Crippen LogP contribution < -0.4 is 0 Å². The molecule has 8 rings (SSSR count). The molecule has 4 aromatic rings. The summed E-state index contributed by atoms with van der Waals surface area (Å²) in [5, 5.41) is 3.32. The zero-order valence-corrected chi connectivity index (χ0v) is 29.6. The van der Waals surface area contributed by atoms with Gasteiger partial charge in [-0.3, -0.25) is 0 Å². The van der Waals surface area contributed by atoms with Crippen LogP contribution in [0.1, 0.15) is 49.9 Å². The monoisotopic (exact) mass is 646 g/mol. The maximum absolute atomic E-state index is 2.79. The molecule has 0 saturated carbocycles. The van der Waals surface area contributed by atoms with Gasteiger partial charge in [-0.25, -0.2) is 0 Å². The minimum absolute atomic E-state index is 0.0878.